The first-order chi connectivity index (χ1) is 15.1. The molecule has 1 aliphatic heterocycles. The lowest BCUT2D eigenvalue weighted by atomic mass is 10.0. The van der Waals surface area contributed by atoms with E-state index in [0.717, 1.165) is 11.3 Å². The van der Waals surface area contributed by atoms with Gasteiger partial charge in [-0.2, -0.15) is 4.72 Å². The third kappa shape index (κ3) is 5.34. The molecule has 2 amide bonds. The molecule has 0 saturated heterocycles. The molecule has 2 aromatic carbocycles. The fraction of sp³-hybridized carbons (Fsp3) is 0.391. The van der Waals surface area contributed by atoms with E-state index in [4.69, 9.17) is 0 Å². The number of carbonyl (C=O) groups is 2. The monoisotopic (exact) mass is 461 g/mol. The molecule has 0 radical (unpaired) electrons. The number of amides is 2. The number of hydrogen-bond donors (Lipinski definition) is 2. The maximum Gasteiger partial charge on any atom is 0.241 e. The smallest absolute Gasteiger partial charge is 0.241 e. The van der Waals surface area contributed by atoms with Crippen LogP contribution in [0.25, 0.3) is 0 Å². The molecule has 2 aromatic rings. The van der Waals surface area contributed by atoms with Gasteiger partial charge in [0, 0.05) is 25.2 Å². The van der Waals surface area contributed by atoms with Gasteiger partial charge in [-0.05, 0) is 53.8 Å². The molecule has 0 saturated carbocycles. The van der Waals surface area contributed by atoms with Gasteiger partial charge < -0.3 is 10.2 Å². The molecule has 1 aliphatic rings. The lowest BCUT2D eigenvalue weighted by Crippen LogP contribution is -2.49. The van der Waals surface area contributed by atoms with E-state index in [2.05, 4.69) is 10.0 Å². The van der Waals surface area contributed by atoms with E-state index in [1.54, 1.807) is 49.9 Å². The molecule has 0 spiro atoms. The third-order valence-electron chi connectivity index (χ3n) is 5.47. The number of benzene rings is 2. The maximum atomic E-state index is 13.0. The number of nitrogens with zero attached hydrogens (tertiary/aromatic N) is 1. The van der Waals surface area contributed by atoms with Gasteiger partial charge in [0.15, 0.2) is 0 Å². The number of carbonyl (C=O) groups excluding carboxylic acids is 2. The minimum absolute atomic E-state index is 0.00446. The fourth-order valence-electron chi connectivity index (χ4n) is 3.62. The highest BCUT2D eigenvalue weighted by molar-refractivity contribution is 7.89. The van der Waals surface area contributed by atoms with Crippen LogP contribution in [0.1, 0.15) is 38.3 Å². The van der Waals surface area contributed by atoms with Crippen LogP contribution in [0.3, 0.4) is 0 Å². The van der Waals surface area contributed by atoms with Crippen LogP contribution in [0.5, 0.6) is 0 Å². The van der Waals surface area contributed by atoms with Crippen molar-refractivity contribution in [3.05, 3.63) is 59.4 Å². The van der Waals surface area contributed by atoms with Crippen molar-refractivity contribution in [3.8, 4) is 0 Å². The van der Waals surface area contributed by atoms with E-state index in [-0.39, 0.29) is 29.1 Å². The van der Waals surface area contributed by atoms with E-state index < -0.39 is 22.0 Å². The first kappa shape index (κ1) is 23.9. The second-order valence-corrected chi connectivity index (χ2v) is 9.84. The average Bonchev–Trinajstić information content (AvgIpc) is 3.19. The fourth-order valence-corrected chi connectivity index (χ4v) is 5.02. The largest absolute Gasteiger partial charge is 0.351 e. The predicted molar refractivity (Wildman–Crippen MR) is 120 cm³/mol. The second-order valence-electron chi connectivity index (χ2n) is 8.13. The summed E-state index contributed by atoms with van der Waals surface area (Å²) in [6, 6.07) is 9.39. The van der Waals surface area contributed by atoms with Crippen LogP contribution in [0.15, 0.2) is 47.4 Å². The zero-order chi connectivity index (χ0) is 23.5. The minimum atomic E-state index is -3.97. The summed E-state index contributed by atoms with van der Waals surface area (Å²) in [6.45, 7) is 5.98. The summed E-state index contributed by atoms with van der Waals surface area (Å²) in [4.78, 5) is 26.5. The van der Waals surface area contributed by atoms with Crippen molar-refractivity contribution in [2.75, 3.05) is 11.4 Å². The number of rotatable bonds is 8. The van der Waals surface area contributed by atoms with Gasteiger partial charge in [-0.25, -0.2) is 12.8 Å². The zero-order valence-corrected chi connectivity index (χ0v) is 19.2. The Morgan fingerprint density at radius 3 is 2.44 bits per heavy atom. The first-order valence-electron chi connectivity index (χ1n) is 10.6. The molecule has 0 aliphatic carbocycles. The number of halogens is 1. The lowest BCUT2D eigenvalue weighted by Gasteiger charge is -2.22. The van der Waals surface area contributed by atoms with Gasteiger partial charge >= 0.3 is 0 Å². The van der Waals surface area contributed by atoms with E-state index in [9.17, 15) is 22.4 Å². The first-order valence-corrected chi connectivity index (χ1v) is 12.1. The van der Waals surface area contributed by atoms with Crippen LogP contribution in [-0.2, 0) is 32.6 Å². The summed E-state index contributed by atoms with van der Waals surface area (Å²) < 4.78 is 41.6. The maximum absolute atomic E-state index is 13.0. The van der Waals surface area contributed by atoms with E-state index >= 15 is 0 Å². The van der Waals surface area contributed by atoms with Gasteiger partial charge in [0.05, 0.1) is 4.90 Å². The summed E-state index contributed by atoms with van der Waals surface area (Å²) in [6.07, 6.45) is 0.959. The summed E-state index contributed by atoms with van der Waals surface area (Å²) >= 11 is 0. The molecule has 2 N–H and O–H groups in total. The number of nitrogens with one attached hydrogen (secondary N) is 2. The average molecular weight is 462 g/mol. The summed E-state index contributed by atoms with van der Waals surface area (Å²) in [5.74, 6) is -1.14. The Balaban J connectivity index is 1.73. The standard InChI is InChI=1S/C23H28FN3O4S/c1-4-21(28)27-12-11-17-13-19(9-10-20(17)27)32(30,31)26-22(15(2)3)23(29)25-14-16-5-7-18(24)8-6-16/h5-10,13,15,22,26H,4,11-12,14H2,1-3H3,(H,25,29)/t22-/m0/s1. The van der Waals surface area contributed by atoms with Crippen molar-refractivity contribution in [3.63, 3.8) is 0 Å². The highest BCUT2D eigenvalue weighted by Gasteiger charge is 2.30. The molecular weight excluding hydrogens is 433 g/mol. The van der Waals surface area contributed by atoms with Gasteiger partial charge in [-0.3, -0.25) is 9.59 Å². The molecule has 7 nitrogen and oxygen atoms in total. The highest BCUT2D eigenvalue weighted by atomic mass is 32.2. The highest BCUT2D eigenvalue weighted by Crippen LogP contribution is 2.30. The quantitative estimate of drug-likeness (QED) is 0.632. The van der Waals surface area contributed by atoms with E-state index in [0.29, 0.717) is 24.9 Å². The van der Waals surface area contributed by atoms with Crippen LogP contribution in [0, 0.1) is 11.7 Å². The lowest BCUT2D eigenvalue weighted by molar-refractivity contribution is -0.123. The van der Waals surface area contributed by atoms with Crippen molar-refractivity contribution in [1.29, 1.82) is 0 Å². The molecule has 1 heterocycles. The predicted octanol–water partition coefficient (Wildman–Crippen LogP) is 2.74. The van der Waals surface area contributed by atoms with E-state index in [1.165, 1.54) is 18.2 Å². The number of hydrogen-bond acceptors (Lipinski definition) is 4. The molecule has 0 bridgehead atoms. The summed E-state index contributed by atoms with van der Waals surface area (Å²) in [7, 11) is -3.97. The molecule has 172 valence electrons. The Bertz CT molecular complexity index is 1100. The van der Waals surface area contributed by atoms with Crippen molar-refractivity contribution in [1.82, 2.24) is 10.0 Å². The molecule has 0 aromatic heterocycles. The molecular formula is C23H28FN3O4S. The Morgan fingerprint density at radius 1 is 1.12 bits per heavy atom. The third-order valence-corrected chi connectivity index (χ3v) is 6.91. The van der Waals surface area contributed by atoms with Crippen LogP contribution in [0.4, 0.5) is 10.1 Å². The Morgan fingerprint density at radius 2 is 1.81 bits per heavy atom. The topological polar surface area (TPSA) is 95.6 Å². The van der Waals surface area contributed by atoms with Crippen molar-refractivity contribution < 1.29 is 22.4 Å². The van der Waals surface area contributed by atoms with Gasteiger partial charge in [0.2, 0.25) is 21.8 Å². The second kappa shape index (κ2) is 9.79. The van der Waals surface area contributed by atoms with Gasteiger partial charge in [-0.1, -0.05) is 32.9 Å². The van der Waals surface area contributed by atoms with Crippen LogP contribution in [0.2, 0.25) is 0 Å². The van der Waals surface area contributed by atoms with Crippen molar-refractivity contribution in [2.45, 2.75) is 51.1 Å². The Labute approximate surface area is 188 Å². The van der Waals surface area contributed by atoms with Crippen molar-refractivity contribution >= 4 is 27.5 Å². The normalized spacial score (nSPS) is 14.3. The number of anilines is 1. The minimum Gasteiger partial charge on any atom is -0.351 e. The zero-order valence-electron chi connectivity index (χ0n) is 18.4. The summed E-state index contributed by atoms with van der Waals surface area (Å²) in [5, 5.41) is 2.71. The van der Waals surface area contributed by atoms with Gasteiger partial charge in [0.1, 0.15) is 11.9 Å². The number of fused-ring (bicyclic) bond motifs is 1. The van der Waals surface area contributed by atoms with Crippen molar-refractivity contribution in [2.24, 2.45) is 5.92 Å². The molecule has 32 heavy (non-hydrogen) atoms. The SMILES string of the molecule is CCC(=O)N1CCc2cc(S(=O)(=O)N[C@H](C(=O)NCc3ccc(F)cc3)C(C)C)ccc21. The van der Waals surface area contributed by atoms with Crippen LogP contribution < -0.4 is 14.9 Å². The number of sulfonamides is 1. The molecule has 0 unspecified atom stereocenters. The van der Waals surface area contributed by atoms with Gasteiger partial charge in [0.25, 0.3) is 0 Å². The molecule has 9 heteroatoms. The van der Waals surface area contributed by atoms with Crippen LogP contribution >= 0.6 is 0 Å². The van der Waals surface area contributed by atoms with E-state index in [1.807, 2.05) is 0 Å². The van der Waals surface area contributed by atoms with Gasteiger partial charge in [-0.15, -0.1) is 0 Å². The molecule has 3 rings (SSSR count). The molecule has 0 fully saturated rings. The Hall–Kier alpha value is -2.78. The van der Waals surface area contributed by atoms with Crippen LogP contribution in [-0.4, -0.2) is 32.8 Å². The molecule has 1 atom stereocenters. The summed E-state index contributed by atoms with van der Waals surface area (Å²) in [5.41, 5.74) is 2.22. The Kier molecular flexibility index (Phi) is 7.30.